The molecule has 2 aromatic carbocycles. The number of aliphatic hydroxyl groups is 1. The Kier molecular flexibility index (Phi) is 6.17. The van der Waals surface area contributed by atoms with Gasteiger partial charge in [-0.25, -0.2) is 0 Å². The summed E-state index contributed by atoms with van der Waals surface area (Å²) >= 11 is 0. The van der Waals surface area contributed by atoms with Crippen LogP contribution in [-0.4, -0.2) is 47.6 Å². The average Bonchev–Trinajstić information content (AvgIpc) is 3.27. The minimum Gasteiger partial charge on any atom is -0.395 e. The molecule has 1 saturated heterocycles. The van der Waals surface area contributed by atoms with Gasteiger partial charge in [-0.3, -0.25) is 14.9 Å². The zero-order chi connectivity index (χ0) is 21.0. The minimum atomic E-state index is -1.20. The average molecular weight is 397 g/mol. The first-order chi connectivity index (χ1) is 13.9. The SMILES string of the molecule is CN(Cc1ccccc1)c1ccc(C(C)(CO)C(=O)N2CCCC2)cc1[N+](=O)[O-]. The van der Waals surface area contributed by atoms with Gasteiger partial charge < -0.3 is 14.9 Å². The maximum absolute atomic E-state index is 13.0. The van der Waals surface area contributed by atoms with Crippen LogP contribution in [0, 0.1) is 10.1 Å². The second-order valence-electron chi connectivity index (χ2n) is 7.79. The summed E-state index contributed by atoms with van der Waals surface area (Å²) in [6, 6.07) is 14.5. The summed E-state index contributed by atoms with van der Waals surface area (Å²) in [5.74, 6) is -0.183. The normalized spacial score (nSPS) is 15.8. The molecule has 1 atom stereocenters. The molecule has 29 heavy (non-hydrogen) atoms. The number of nitrogens with zero attached hydrogens (tertiary/aromatic N) is 3. The van der Waals surface area contributed by atoms with E-state index in [0.717, 1.165) is 18.4 Å². The smallest absolute Gasteiger partial charge is 0.292 e. The first kappa shape index (κ1) is 20.8. The van der Waals surface area contributed by atoms with Crippen LogP contribution in [0.2, 0.25) is 0 Å². The Hall–Kier alpha value is -2.93. The van der Waals surface area contributed by atoms with Gasteiger partial charge in [-0.2, -0.15) is 0 Å². The molecule has 7 heteroatoms. The molecular formula is C22H27N3O4. The van der Waals surface area contributed by atoms with Crippen molar-refractivity contribution in [2.45, 2.75) is 31.7 Å². The molecule has 7 nitrogen and oxygen atoms in total. The lowest BCUT2D eigenvalue weighted by Gasteiger charge is -2.31. The molecule has 1 N–H and O–H groups in total. The molecule has 2 aromatic rings. The number of rotatable bonds is 7. The van der Waals surface area contributed by atoms with Gasteiger partial charge in [0.2, 0.25) is 5.91 Å². The third kappa shape index (κ3) is 4.24. The van der Waals surface area contributed by atoms with Gasteiger partial charge in [-0.1, -0.05) is 36.4 Å². The Balaban J connectivity index is 1.94. The van der Waals surface area contributed by atoms with Gasteiger partial charge in [0.1, 0.15) is 5.69 Å². The number of hydrogen-bond donors (Lipinski definition) is 1. The second-order valence-corrected chi connectivity index (χ2v) is 7.79. The van der Waals surface area contributed by atoms with E-state index >= 15 is 0 Å². The van der Waals surface area contributed by atoms with E-state index in [0.29, 0.717) is 30.9 Å². The summed E-state index contributed by atoms with van der Waals surface area (Å²) in [5.41, 5.74) is 0.690. The summed E-state index contributed by atoms with van der Waals surface area (Å²) in [4.78, 5) is 27.9. The number of nitro groups is 1. The zero-order valence-electron chi connectivity index (χ0n) is 16.9. The molecule has 3 rings (SSSR count). The summed E-state index contributed by atoms with van der Waals surface area (Å²) in [6.45, 7) is 3.09. The van der Waals surface area contributed by atoms with Crippen LogP contribution in [0.5, 0.6) is 0 Å². The van der Waals surface area contributed by atoms with Crippen LogP contribution in [0.4, 0.5) is 11.4 Å². The third-order valence-electron chi connectivity index (χ3n) is 5.66. The van der Waals surface area contributed by atoms with E-state index in [1.54, 1.807) is 31.0 Å². The Morgan fingerprint density at radius 2 is 1.86 bits per heavy atom. The quantitative estimate of drug-likeness (QED) is 0.573. The Morgan fingerprint density at radius 3 is 2.45 bits per heavy atom. The lowest BCUT2D eigenvalue weighted by atomic mass is 9.81. The van der Waals surface area contributed by atoms with E-state index < -0.39 is 16.9 Å². The maximum atomic E-state index is 13.0. The number of anilines is 1. The second kappa shape index (κ2) is 8.61. The summed E-state index contributed by atoms with van der Waals surface area (Å²) in [6.07, 6.45) is 1.88. The number of amides is 1. The van der Waals surface area contributed by atoms with Gasteiger partial charge in [0.25, 0.3) is 5.69 Å². The third-order valence-corrected chi connectivity index (χ3v) is 5.66. The standard InChI is InChI=1S/C22H27N3O4/c1-22(16-26,21(27)24-12-6-7-13-24)18-10-11-19(20(14-18)25(28)29)23(2)15-17-8-4-3-5-9-17/h3-5,8-11,14,26H,6-7,12-13,15-16H2,1-2H3. The highest BCUT2D eigenvalue weighted by atomic mass is 16.6. The number of nitro benzene ring substituents is 1. The fourth-order valence-electron chi connectivity index (χ4n) is 3.83. The highest BCUT2D eigenvalue weighted by molar-refractivity contribution is 5.89. The van der Waals surface area contributed by atoms with Crippen molar-refractivity contribution in [3.8, 4) is 0 Å². The van der Waals surface area contributed by atoms with Gasteiger partial charge in [-0.15, -0.1) is 0 Å². The molecule has 1 heterocycles. The van der Waals surface area contributed by atoms with Gasteiger partial charge in [0.05, 0.1) is 16.9 Å². The fraction of sp³-hybridized carbons (Fsp3) is 0.409. The van der Waals surface area contributed by atoms with E-state index in [9.17, 15) is 20.0 Å². The molecule has 0 aromatic heterocycles. The molecule has 0 saturated carbocycles. The lowest BCUT2D eigenvalue weighted by Crippen LogP contribution is -2.46. The van der Waals surface area contributed by atoms with E-state index in [2.05, 4.69) is 0 Å². The van der Waals surface area contributed by atoms with Crippen molar-refractivity contribution in [1.82, 2.24) is 4.90 Å². The van der Waals surface area contributed by atoms with Crippen LogP contribution in [-0.2, 0) is 16.8 Å². The number of aliphatic hydroxyl groups excluding tert-OH is 1. The van der Waals surface area contributed by atoms with Crippen LogP contribution in [0.15, 0.2) is 48.5 Å². The van der Waals surface area contributed by atoms with E-state index in [4.69, 9.17) is 0 Å². The van der Waals surface area contributed by atoms with E-state index in [1.807, 2.05) is 35.2 Å². The van der Waals surface area contributed by atoms with Crippen LogP contribution >= 0.6 is 0 Å². The van der Waals surface area contributed by atoms with E-state index in [1.165, 1.54) is 6.07 Å². The zero-order valence-corrected chi connectivity index (χ0v) is 16.9. The van der Waals surface area contributed by atoms with Gasteiger partial charge in [-0.05, 0) is 37.0 Å². The van der Waals surface area contributed by atoms with Crippen molar-refractivity contribution in [3.63, 3.8) is 0 Å². The topological polar surface area (TPSA) is 86.9 Å². The Labute approximate surface area is 170 Å². The monoisotopic (exact) mass is 397 g/mol. The fourth-order valence-corrected chi connectivity index (χ4v) is 3.83. The van der Waals surface area contributed by atoms with Crippen molar-refractivity contribution >= 4 is 17.3 Å². The van der Waals surface area contributed by atoms with Gasteiger partial charge >= 0.3 is 0 Å². The van der Waals surface area contributed by atoms with Gasteiger partial charge in [0, 0.05) is 32.7 Å². The van der Waals surface area contributed by atoms with Crippen LogP contribution < -0.4 is 4.90 Å². The first-order valence-corrected chi connectivity index (χ1v) is 9.81. The minimum absolute atomic E-state index is 0.0742. The lowest BCUT2D eigenvalue weighted by molar-refractivity contribution is -0.384. The van der Waals surface area contributed by atoms with Crippen molar-refractivity contribution in [1.29, 1.82) is 0 Å². The Morgan fingerprint density at radius 1 is 1.21 bits per heavy atom. The van der Waals surface area contributed by atoms with Crippen molar-refractivity contribution in [2.24, 2.45) is 0 Å². The molecule has 1 fully saturated rings. The number of carbonyl (C=O) groups excluding carboxylic acids is 1. The maximum Gasteiger partial charge on any atom is 0.292 e. The molecule has 0 spiro atoms. The Bertz CT molecular complexity index is 881. The largest absolute Gasteiger partial charge is 0.395 e. The molecule has 154 valence electrons. The first-order valence-electron chi connectivity index (χ1n) is 9.81. The predicted octanol–water partition coefficient (Wildman–Crippen LogP) is 3.10. The van der Waals surface area contributed by atoms with Crippen LogP contribution in [0.3, 0.4) is 0 Å². The summed E-state index contributed by atoms with van der Waals surface area (Å²) in [7, 11) is 1.80. The summed E-state index contributed by atoms with van der Waals surface area (Å²) < 4.78 is 0. The molecule has 1 unspecified atom stereocenters. The number of benzene rings is 2. The molecule has 1 aliphatic rings. The molecule has 0 radical (unpaired) electrons. The van der Waals surface area contributed by atoms with Crippen molar-refractivity contribution < 1.29 is 14.8 Å². The highest BCUT2D eigenvalue weighted by Gasteiger charge is 2.40. The molecule has 1 amide bonds. The van der Waals surface area contributed by atoms with E-state index in [-0.39, 0.29) is 11.6 Å². The molecule has 0 aliphatic carbocycles. The van der Waals surface area contributed by atoms with Crippen molar-refractivity contribution in [3.05, 3.63) is 69.8 Å². The molecular weight excluding hydrogens is 370 g/mol. The van der Waals surface area contributed by atoms with Crippen LogP contribution in [0.25, 0.3) is 0 Å². The molecule has 1 aliphatic heterocycles. The van der Waals surface area contributed by atoms with Crippen LogP contribution in [0.1, 0.15) is 30.9 Å². The number of hydrogen-bond acceptors (Lipinski definition) is 5. The number of likely N-dealkylation sites (tertiary alicyclic amines) is 1. The summed E-state index contributed by atoms with van der Waals surface area (Å²) in [5, 5.41) is 21.8. The van der Waals surface area contributed by atoms with Gasteiger partial charge in [0.15, 0.2) is 0 Å². The highest BCUT2D eigenvalue weighted by Crippen LogP contribution is 2.35. The number of carbonyl (C=O) groups is 1. The predicted molar refractivity (Wildman–Crippen MR) is 112 cm³/mol. The molecule has 0 bridgehead atoms. The van der Waals surface area contributed by atoms with Crippen molar-refractivity contribution in [2.75, 3.05) is 31.6 Å².